The van der Waals surface area contributed by atoms with Crippen LogP contribution in [-0.4, -0.2) is 47.5 Å². The first-order valence-corrected chi connectivity index (χ1v) is 6.54. The third kappa shape index (κ3) is 11.0. The molecule has 0 unspecified atom stereocenters. The Morgan fingerprint density at radius 3 is 2.29 bits per heavy atom. The third-order valence-electron chi connectivity index (χ3n) is 1.71. The fourth-order valence-electron chi connectivity index (χ4n) is 0.950. The van der Waals surface area contributed by atoms with E-state index in [4.69, 9.17) is 5.11 Å². The van der Waals surface area contributed by atoms with Gasteiger partial charge in [0.05, 0.1) is 11.5 Å². The van der Waals surface area contributed by atoms with Gasteiger partial charge in [0.1, 0.15) is 0 Å². The molecule has 6 nitrogen and oxygen atoms in total. The fraction of sp³-hybridized carbons (Fsp3) is 0.700. The number of rotatable bonds is 9. The molecule has 98 valence electrons. The van der Waals surface area contributed by atoms with E-state index in [1.165, 1.54) is 0 Å². The van der Waals surface area contributed by atoms with Gasteiger partial charge in [0.25, 0.3) is 0 Å². The van der Waals surface area contributed by atoms with Gasteiger partial charge in [0, 0.05) is 19.5 Å². The second kappa shape index (κ2) is 9.95. The normalized spacial score (nSPS) is 9.71. The van der Waals surface area contributed by atoms with Gasteiger partial charge in [0.2, 0.25) is 11.8 Å². The minimum absolute atomic E-state index is 0.0923. The van der Waals surface area contributed by atoms with Crippen LogP contribution in [0.15, 0.2) is 0 Å². The molecule has 2 amide bonds. The van der Waals surface area contributed by atoms with Crippen LogP contribution in [-0.2, 0) is 14.4 Å². The highest BCUT2D eigenvalue weighted by molar-refractivity contribution is 8.00. The predicted octanol–water partition coefficient (Wildman–Crippen LogP) is -0.163. The largest absolute Gasteiger partial charge is 0.481 e. The Morgan fingerprint density at radius 1 is 1.06 bits per heavy atom. The summed E-state index contributed by atoms with van der Waals surface area (Å²) in [7, 11) is 0. The number of carboxylic acid groups (broad SMARTS) is 1. The monoisotopic (exact) mass is 262 g/mol. The first kappa shape index (κ1) is 15.8. The lowest BCUT2D eigenvalue weighted by molar-refractivity contribution is -0.134. The van der Waals surface area contributed by atoms with E-state index in [0.29, 0.717) is 6.54 Å². The molecule has 0 heterocycles. The average Bonchev–Trinajstić information content (AvgIpc) is 2.25. The number of amides is 2. The van der Waals surface area contributed by atoms with Crippen LogP contribution < -0.4 is 10.6 Å². The molecule has 17 heavy (non-hydrogen) atoms. The number of carboxylic acids is 1. The number of hydrogen-bond acceptors (Lipinski definition) is 4. The Bertz CT molecular complexity index is 271. The van der Waals surface area contributed by atoms with Crippen molar-refractivity contribution in [3.05, 3.63) is 0 Å². The number of aliphatic carboxylic acids is 1. The van der Waals surface area contributed by atoms with Crippen LogP contribution in [0.25, 0.3) is 0 Å². The summed E-state index contributed by atoms with van der Waals surface area (Å²) in [5.74, 6) is -1.28. The molecule has 0 fully saturated rings. The van der Waals surface area contributed by atoms with Crippen LogP contribution in [0.2, 0.25) is 0 Å². The SMILES string of the molecule is CCCNC(=O)CCNC(=O)CSCC(=O)O. The highest BCUT2D eigenvalue weighted by Gasteiger charge is 2.05. The summed E-state index contributed by atoms with van der Waals surface area (Å²) in [4.78, 5) is 32.5. The van der Waals surface area contributed by atoms with Crippen molar-refractivity contribution >= 4 is 29.5 Å². The topological polar surface area (TPSA) is 95.5 Å². The van der Waals surface area contributed by atoms with Crippen molar-refractivity contribution in [2.24, 2.45) is 0 Å². The molecule has 3 N–H and O–H groups in total. The van der Waals surface area contributed by atoms with Crippen molar-refractivity contribution < 1.29 is 19.5 Å². The van der Waals surface area contributed by atoms with Crippen LogP contribution in [0.5, 0.6) is 0 Å². The van der Waals surface area contributed by atoms with Gasteiger partial charge in [-0.15, -0.1) is 11.8 Å². The smallest absolute Gasteiger partial charge is 0.313 e. The molecule has 0 aliphatic carbocycles. The third-order valence-corrected chi connectivity index (χ3v) is 2.62. The zero-order chi connectivity index (χ0) is 13.1. The maximum Gasteiger partial charge on any atom is 0.313 e. The van der Waals surface area contributed by atoms with Gasteiger partial charge >= 0.3 is 5.97 Å². The average molecular weight is 262 g/mol. The van der Waals surface area contributed by atoms with Gasteiger partial charge in [-0.3, -0.25) is 14.4 Å². The van der Waals surface area contributed by atoms with Gasteiger partial charge in [-0.05, 0) is 6.42 Å². The van der Waals surface area contributed by atoms with Gasteiger partial charge in [-0.1, -0.05) is 6.92 Å². The van der Waals surface area contributed by atoms with Gasteiger partial charge in [-0.25, -0.2) is 0 Å². The molecule has 0 bridgehead atoms. The van der Waals surface area contributed by atoms with E-state index in [1.54, 1.807) is 0 Å². The standard InChI is InChI=1S/C10H18N2O4S/c1-2-4-11-8(13)3-5-12-9(14)6-17-7-10(15)16/h2-7H2,1H3,(H,11,13)(H,12,14)(H,15,16). The highest BCUT2D eigenvalue weighted by Crippen LogP contribution is 1.97. The lowest BCUT2D eigenvalue weighted by Crippen LogP contribution is -2.32. The second-order valence-electron chi connectivity index (χ2n) is 3.34. The van der Waals surface area contributed by atoms with Crippen LogP contribution in [0, 0.1) is 0 Å². The molecule has 0 aromatic rings. The Kier molecular flexibility index (Phi) is 9.22. The second-order valence-corrected chi connectivity index (χ2v) is 4.32. The van der Waals surface area contributed by atoms with E-state index in [0.717, 1.165) is 18.2 Å². The zero-order valence-electron chi connectivity index (χ0n) is 9.82. The number of carbonyl (C=O) groups is 3. The molecule has 0 aliphatic rings. The van der Waals surface area contributed by atoms with Crippen molar-refractivity contribution in [3.63, 3.8) is 0 Å². The Morgan fingerprint density at radius 2 is 1.71 bits per heavy atom. The molecule has 0 aliphatic heterocycles. The minimum atomic E-state index is -0.943. The van der Waals surface area contributed by atoms with Crippen molar-refractivity contribution in [2.45, 2.75) is 19.8 Å². The quantitative estimate of drug-likeness (QED) is 0.536. The fourth-order valence-corrected chi connectivity index (χ4v) is 1.51. The molecule has 0 rings (SSSR count). The van der Waals surface area contributed by atoms with Crippen LogP contribution >= 0.6 is 11.8 Å². The van der Waals surface area contributed by atoms with E-state index >= 15 is 0 Å². The van der Waals surface area contributed by atoms with Crippen molar-refractivity contribution in [2.75, 3.05) is 24.6 Å². The number of thioether (sulfide) groups is 1. The first-order chi connectivity index (χ1) is 8.06. The lowest BCUT2D eigenvalue weighted by atomic mass is 10.3. The number of nitrogens with one attached hydrogen (secondary N) is 2. The van der Waals surface area contributed by atoms with E-state index in [2.05, 4.69) is 10.6 Å². The molecule has 0 aromatic carbocycles. The van der Waals surface area contributed by atoms with Crippen molar-refractivity contribution in [1.29, 1.82) is 0 Å². The molecule has 0 radical (unpaired) electrons. The van der Waals surface area contributed by atoms with Crippen molar-refractivity contribution in [3.8, 4) is 0 Å². The summed E-state index contributed by atoms with van der Waals surface area (Å²) in [6.45, 7) is 2.88. The Labute approximate surface area is 105 Å². The van der Waals surface area contributed by atoms with Gasteiger partial charge in [0.15, 0.2) is 0 Å². The zero-order valence-corrected chi connectivity index (χ0v) is 10.6. The summed E-state index contributed by atoms with van der Waals surface area (Å²) in [6.07, 6.45) is 1.12. The highest BCUT2D eigenvalue weighted by atomic mass is 32.2. The van der Waals surface area contributed by atoms with E-state index in [1.807, 2.05) is 6.92 Å². The molecular weight excluding hydrogens is 244 g/mol. The van der Waals surface area contributed by atoms with Crippen LogP contribution in [0.3, 0.4) is 0 Å². The summed E-state index contributed by atoms with van der Waals surface area (Å²) in [5, 5.41) is 13.6. The Hall–Kier alpha value is -1.24. The summed E-state index contributed by atoms with van der Waals surface area (Å²) in [6, 6.07) is 0. The maximum absolute atomic E-state index is 11.2. The number of hydrogen-bond donors (Lipinski definition) is 3. The minimum Gasteiger partial charge on any atom is -0.481 e. The van der Waals surface area contributed by atoms with Crippen LogP contribution in [0.4, 0.5) is 0 Å². The van der Waals surface area contributed by atoms with Gasteiger partial charge in [-0.2, -0.15) is 0 Å². The lowest BCUT2D eigenvalue weighted by Gasteiger charge is -2.05. The first-order valence-electron chi connectivity index (χ1n) is 5.39. The van der Waals surface area contributed by atoms with E-state index in [9.17, 15) is 14.4 Å². The predicted molar refractivity (Wildman–Crippen MR) is 65.9 cm³/mol. The number of carbonyl (C=O) groups excluding carboxylic acids is 2. The molecular formula is C10H18N2O4S. The van der Waals surface area contributed by atoms with Crippen LogP contribution in [0.1, 0.15) is 19.8 Å². The molecule has 0 saturated carbocycles. The molecule has 0 spiro atoms. The van der Waals surface area contributed by atoms with E-state index in [-0.39, 0.29) is 36.3 Å². The van der Waals surface area contributed by atoms with E-state index < -0.39 is 5.97 Å². The maximum atomic E-state index is 11.2. The molecule has 0 aromatic heterocycles. The molecule has 7 heteroatoms. The molecule has 0 saturated heterocycles. The summed E-state index contributed by atoms with van der Waals surface area (Å²) >= 11 is 1.03. The Balaban J connectivity index is 3.44. The molecule has 0 atom stereocenters. The summed E-state index contributed by atoms with van der Waals surface area (Å²) in [5.41, 5.74) is 0. The van der Waals surface area contributed by atoms with Crippen molar-refractivity contribution in [1.82, 2.24) is 10.6 Å². The summed E-state index contributed by atoms with van der Waals surface area (Å²) < 4.78 is 0. The van der Waals surface area contributed by atoms with Gasteiger partial charge < -0.3 is 15.7 Å².